The topological polar surface area (TPSA) is 48.0 Å². The number of carbonyl (C=O) groups excluding carboxylic acids is 1. The van der Waals surface area contributed by atoms with Gasteiger partial charge in [0, 0.05) is 24.1 Å². The molecule has 1 aliphatic carbocycles. The van der Waals surface area contributed by atoms with Crippen molar-refractivity contribution in [2.75, 3.05) is 6.61 Å². The second kappa shape index (κ2) is 17.2. The van der Waals surface area contributed by atoms with E-state index in [-0.39, 0.29) is 34.0 Å². The molecule has 2 aliphatic rings. The summed E-state index contributed by atoms with van der Waals surface area (Å²) in [6.45, 7) is 23.9. The molecule has 5 nitrogen and oxygen atoms in total. The molecule has 0 spiro atoms. The first-order valence-corrected chi connectivity index (χ1v) is 17.9. The molecule has 1 unspecified atom stereocenters. The van der Waals surface area contributed by atoms with Crippen LogP contribution in [0.5, 0.6) is 0 Å². The molecule has 5 heteroatoms. The maximum Gasteiger partial charge on any atom is 0.306 e. The van der Waals surface area contributed by atoms with Crippen molar-refractivity contribution in [3.05, 3.63) is 0 Å². The highest BCUT2D eigenvalue weighted by Crippen LogP contribution is 2.43. The van der Waals surface area contributed by atoms with Crippen molar-refractivity contribution >= 4 is 5.97 Å². The Morgan fingerprint density at radius 3 is 1.76 bits per heavy atom. The van der Waals surface area contributed by atoms with Crippen LogP contribution in [0.2, 0.25) is 0 Å². The van der Waals surface area contributed by atoms with E-state index in [0.717, 1.165) is 64.4 Å². The number of hydrogen-bond donors (Lipinski definition) is 0. The van der Waals surface area contributed by atoms with Gasteiger partial charge in [0.2, 0.25) is 0 Å². The molecule has 2 fully saturated rings. The molecular weight excluding hydrogens is 522 g/mol. The zero-order chi connectivity index (χ0) is 31.4. The summed E-state index contributed by atoms with van der Waals surface area (Å²) in [6, 6.07) is 0. The summed E-state index contributed by atoms with van der Waals surface area (Å²) >= 11 is 0. The lowest BCUT2D eigenvalue weighted by molar-refractivity contribution is -0.317. The highest BCUT2D eigenvalue weighted by molar-refractivity contribution is 5.69. The second-order valence-electron chi connectivity index (χ2n) is 16.7. The van der Waals surface area contributed by atoms with Crippen molar-refractivity contribution in [2.24, 2.45) is 10.8 Å². The summed E-state index contributed by atoms with van der Waals surface area (Å²) in [5.74, 6) is 0.0103. The molecule has 42 heavy (non-hydrogen) atoms. The Hall–Kier alpha value is -0.650. The highest BCUT2D eigenvalue weighted by atomic mass is 16.7. The molecule has 0 aromatic rings. The zero-order valence-electron chi connectivity index (χ0n) is 29.7. The second-order valence-corrected chi connectivity index (χ2v) is 16.7. The Morgan fingerprint density at radius 2 is 1.24 bits per heavy atom. The monoisotopic (exact) mass is 594 g/mol. The molecule has 1 aliphatic heterocycles. The summed E-state index contributed by atoms with van der Waals surface area (Å²) in [6.07, 6.45) is 20.5. The van der Waals surface area contributed by atoms with Gasteiger partial charge in [-0.15, -0.1) is 0 Å². The van der Waals surface area contributed by atoms with Crippen molar-refractivity contribution in [2.45, 2.75) is 214 Å². The van der Waals surface area contributed by atoms with Gasteiger partial charge in [-0.05, 0) is 103 Å². The van der Waals surface area contributed by atoms with E-state index in [1.165, 1.54) is 51.4 Å². The van der Waals surface area contributed by atoms with E-state index in [1.54, 1.807) is 0 Å². The van der Waals surface area contributed by atoms with Gasteiger partial charge in [-0.1, -0.05) is 86.5 Å². The van der Waals surface area contributed by atoms with Crippen molar-refractivity contribution in [1.82, 2.24) is 5.06 Å². The molecule has 0 aromatic carbocycles. The summed E-state index contributed by atoms with van der Waals surface area (Å²) in [5.41, 5.74) is 0.438. The number of nitrogens with zero attached hydrogens (tertiary/aromatic N) is 1. The lowest BCUT2D eigenvalue weighted by Crippen LogP contribution is -2.62. The van der Waals surface area contributed by atoms with Gasteiger partial charge in [0.05, 0.1) is 12.2 Å². The van der Waals surface area contributed by atoms with Gasteiger partial charge in [0.15, 0.2) is 0 Å². The third-order valence-corrected chi connectivity index (χ3v) is 9.86. The SMILES string of the molecule is CCCCC(CC)ON1C(C)(C)CC(OCCCCCCCCCC(=O)OC2CC(C)(C)CCC(C)(C)C2)CC1(C)C. The van der Waals surface area contributed by atoms with E-state index in [0.29, 0.717) is 18.6 Å². The Morgan fingerprint density at radius 1 is 0.714 bits per heavy atom. The lowest BCUT2D eigenvalue weighted by atomic mass is 9.80. The van der Waals surface area contributed by atoms with Gasteiger partial charge in [-0.25, -0.2) is 0 Å². The van der Waals surface area contributed by atoms with Gasteiger partial charge in [0.25, 0.3) is 0 Å². The number of esters is 1. The van der Waals surface area contributed by atoms with Gasteiger partial charge >= 0.3 is 5.97 Å². The first-order valence-electron chi connectivity index (χ1n) is 17.9. The fourth-order valence-corrected chi connectivity index (χ4v) is 7.51. The van der Waals surface area contributed by atoms with Crippen LogP contribution in [0.4, 0.5) is 0 Å². The van der Waals surface area contributed by atoms with Gasteiger partial charge < -0.3 is 9.47 Å². The minimum absolute atomic E-state index is 0.0103. The number of piperidine rings is 1. The van der Waals surface area contributed by atoms with Crippen LogP contribution in [0.1, 0.15) is 185 Å². The Balaban J connectivity index is 1.57. The average Bonchev–Trinajstić information content (AvgIpc) is 2.97. The van der Waals surface area contributed by atoms with Gasteiger partial charge in [-0.3, -0.25) is 9.63 Å². The third kappa shape index (κ3) is 13.6. The molecule has 0 N–H and O–H groups in total. The van der Waals surface area contributed by atoms with Gasteiger partial charge in [-0.2, -0.15) is 5.06 Å². The largest absolute Gasteiger partial charge is 0.462 e. The van der Waals surface area contributed by atoms with Crippen LogP contribution in [-0.2, 0) is 19.1 Å². The van der Waals surface area contributed by atoms with E-state index in [9.17, 15) is 4.79 Å². The molecule has 1 atom stereocenters. The number of rotatable bonds is 18. The fourth-order valence-electron chi connectivity index (χ4n) is 7.51. The van der Waals surface area contributed by atoms with E-state index >= 15 is 0 Å². The molecule has 1 saturated heterocycles. The number of hydrogen-bond acceptors (Lipinski definition) is 5. The predicted octanol–water partition coefficient (Wildman–Crippen LogP) is 10.6. The summed E-state index contributed by atoms with van der Waals surface area (Å²) in [5, 5.41) is 2.31. The third-order valence-electron chi connectivity index (χ3n) is 9.86. The predicted molar refractivity (Wildman–Crippen MR) is 177 cm³/mol. The first-order chi connectivity index (χ1) is 19.6. The smallest absolute Gasteiger partial charge is 0.306 e. The van der Waals surface area contributed by atoms with E-state index < -0.39 is 0 Å². The van der Waals surface area contributed by atoms with Crippen molar-refractivity contribution in [1.29, 1.82) is 0 Å². The van der Waals surface area contributed by atoms with Crippen LogP contribution in [-0.4, -0.2) is 47.0 Å². The van der Waals surface area contributed by atoms with E-state index in [1.807, 2.05) is 0 Å². The zero-order valence-corrected chi connectivity index (χ0v) is 29.7. The first kappa shape index (κ1) is 37.5. The minimum atomic E-state index is -0.0403. The molecule has 1 saturated carbocycles. The van der Waals surface area contributed by atoms with Crippen molar-refractivity contribution in [3.63, 3.8) is 0 Å². The molecule has 1 heterocycles. The number of carbonyl (C=O) groups is 1. The summed E-state index contributed by atoms with van der Waals surface area (Å²) < 4.78 is 12.4. The Labute approximate surface area is 261 Å². The minimum Gasteiger partial charge on any atom is -0.462 e. The van der Waals surface area contributed by atoms with Gasteiger partial charge in [0.1, 0.15) is 6.10 Å². The summed E-state index contributed by atoms with van der Waals surface area (Å²) in [7, 11) is 0. The fraction of sp³-hybridized carbons (Fsp3) is 0.973. The summed E-state index contributed by atoms with van der Waals surface area (Å²) in [4.78, 5) is 19.2. The maximum absolute atomic E-state index is 12.5. The van der Waals surface area contributed by atoms with Crippen LogP contribution in [0.15, 0.2) is 0 Å². The Kier molecular flexibility index (Phi) is 15.3. The standard InChI is InChI=1S/C37H71NO4/c1-11-13-21-30(12-2)42-38-36(7,8)28-31(29-37(38,9)10)40-25-20-18-16-14-15-17-19-22-33(39)41-32-26-34(3,4)23-24-35(5,6)27-32/h30-32H,11-29H2,1-10H3. The highest BCUT2D eigenvalue weighted by Gasteiger charge is 2.47. The van der Waals surface area contributed by atoms with E-state index in [4.69, 9.17) is 14.3 Å². The molecular formula is C37H71NO4. The van der Waals surface area contributed by atoms with Crippen LogP contribution in [0.3, 0.4) is 0 Å². The average molecular weight is 594 g/mol. The van der Waals surface area contributed by atoms with E-state index in [2.05, 4.69) is 74.3 Å². The lowest BCUT2D eigenvalue weighted by Gasteiger charge is -2.54. The quantitative estimate of drug-likeness (QED) is 0.0898. The maximum atomic E-state index is 12.5. The molecule has 2 rings (SSSR count). The molecule has 0 radical (unpaired) electrons. The van der Waals surface area contributed by atoms with Crippen LogP contribution < -0.4 is 0 Å². The Bertz CT molecular complexity index is 738. The molecule has 0 amide bonds. The number of hydroxylamine groups is 2. The van der Waals surface area contributed by atoms with Crippen LogP contribution in [0.25, 0.3) is 0 Å². The van der Waals surface area contributed by atoms with Crippen LogP contribution in [0, 0.1) is 10.8 Å². The number of unbranched alkanes of at least 4 members (excludes halogenated alkanes) is 7. The molecule has 0 bridgehead atoms. The number of ether oxygens (including phenoxy) is 2. The van der Waals surface area contributed by atoms with Crippen LogP contribution >= 0.6 is 0 Å². The van der Waals surface area contributed by atoms with Crippen molar-refractivity contribution in [3.8, 4) is 0 Å². The normalized spacial score (nSPS) is 23.4. The molecule has 248 valence electrons. The molecule has 0 aromatic heterocycles. The van der Waals surface area contributed by atoms with Crippen molar-refractivity contribution < 1.29 is 19.1 Å².